The number of aryl methyl sites for hydroxylation is 2. The minimum Gasteiger partial charge on any atom is -0.293 e. The first kappa shape index (κ1) is 31.2. The van der Waals surface area contributed by atoms with E-state index in [4.69, 9.17) is 0 Å². The topological polar surface area (TPSA) is 143 Å². The van der Waals surface area contributed by atoms with Crippen molar-refractivity contribution in [3.8, 4) is 0 Å². The summed E-state index contributed by atoms with van der Waals surface area (Å²) in [5, 5.41) is 1.28. The van der Waals surface area contributed by atoms with E-state index in [9.17, 15) is 35.5 Å². The molecule has 0 heterocycles. The van der Waals surface area contributed by atoms with Crippen LogP contribution in [0.1, 0.15) is 37.4 Å². The lowest BCUT2D eigenvalue weighted by atomic mass is 9.63. The Kier molecular flexibility index (Phi) is 6.98. The van der Waals surface area contributed by atoms with Gasteiger partial charge in [0.15, 0.2) is 11.6 Å². The van der Waals surface area contributed by atoms with E-state index in [0.717, 1.165) is 29.1 Å². The van der Waals surface area contributed by atoms with Crippen molar-refractivity contribution in [1.82, 2.24) is 0 Å². The number of benzene rings is 4. The molecule has 0 saturated carbocycles. The Morgan fingerprint density at radius 3 is 1.96 bits per heavy atom. The maximum atomic E-state index is 14.4. The number of allylic oxidation sites excluding steroid dienone is 7. The number of ketones is 2. The fourth-order valence-electron chi connectivity index (χ4n) is 7.02. The van der Waals surface area contributed by atoms with Gasteiger partial charge in [0.2, 0.25) is 0 Å². The van der Waals surface area contributed by atoms with Gasteiger partial charge in [-0.15, -0.1) is 0 Å². The normalized spacial score (nSPS) is 19.5. The summed E-state index contributed by atoms with van der Waals surface area (Å²) in [4.78, 5) is 30.1. The van der Waals surface area contributed by atoms with Crippen molar-refractivity contribution >= 4 is 71.7 Å². The maximum absolute atomic E-state index is 14.4. The zero-order valence-electron chi connectivity index (χ0n) is 25.2. The van der Waals surface area contributed by atoms with Gasteiger partial charge in [0.05, 0.1) is 11.8 Å². The second kappa shape index (κ2) is 10.7. The summed E-state index contributed by atoms with van der Waals surface area (Å²) in [7, 11) is -9.11. The molecular weight excluding hydrogens is 689 g/mol. The molecule has 8 rings (SSSR count). The quantitative estimate of drug-likeness (QED) is 0.191. The fourth-order valence-corrected chi connectivity index (χ4v) is 11.2. The summed E-state index contributed by atoms with van der Waals surface area (Å²) in [5.41, 5.74) is 4.94. The number of Topliss-reactive ketones (excluding diaryl/α,β-unsaturated/α-hetero) is 2. The van der Waals surface area contributed by atoms with Crippen molar-refractivity contribution in [3.63, 3.8) is 0 Å². The Morgan fingerprint density at radius 1 is 0.688 bits per heavy atom. The number of hydrogen-bond donors (Lipinski definition) is 2. The average Bonchev–Trinajstić information content (AvgIpc) is 3.03. The van der Waals surface area contributed by atoms with Crippen molar-refractivity contribution in [2.24, 2.45) is 11.8 Å². The van der Waals surface area contributed by atoms with E-state index in [1.807, 2.05) is 18.2 Å². The second-order valence-electron chi connectivity index (χ2n) is 12.1. The molecule has 0 bridgehead atoms. The molecule has 2 N–H and O–H groups in total. The van der Waals surface area contributed by atoms with Crippen LogP contribution in [0.3, 0.4) is 0 Å². The molecule has 4 aliphatic rings. The third-order valence-corrected chi connectivity index (χ3v) is 13.4. The van der Waals surface area contributed by atoms with Gasteiger partial charge in [-0.1, -0.05) is 78.2 Å². The minimum atomic E-state index is -4.56. The summed E-state index contributed by atoms with van der Waals surface area (Å²) in [5.74, 6) is -1.83. The number of carbonyl (C=O) groups excluding carboxylic acids is 2. The van der Waals surface area contributed by atoms with Gasteiger partial charge in [-0.05, 0) is 83.0 Å². The molecule has 4 aliphatic carbocycles. The van der Waals surface area contributed by atoms with Crippen LogP contribution in [0.15, 0.2) is 125 Å². The first-order chi connectivity index (χ1) is 22.7. The van der Waals surface area contributed by atoms with Gasteiger partial charge in [0.1, 0.15) is 9.79 Å². The number of thioether (sulfide) groups is 1. The molecule has 0 fully saturated rings. The highest BCUT2D eigenvalue weighted by atomic mass is 32.2. The van der Waals surface area contributed by atoms with Crippen LogP contribution in [0, 0.1) is 25.7 Å². The molecule has 0 aliphatic heterocycles. The molecule has 240 valence electrons. The molecule has 8 nitrogen and oxygen atoms in total. The fraction of sp³-hybridized carbons (Fsp3) is 0.111. The van der Waals surface area contributed by atoms with Crippen LogP contribution in [-0.4, -0.2) is 37.5 Å². The van der Waals surface area contributed by atoms with E-state index >= 15 is 0 Å². The number of hydrogen-bond acceptors (Lipinski definition) is 8. The molecule has 12 heteroatoms. The zero-order chi connectivity index (χ0) is 33.9. The molecular formula is C36H24O8S4. The van der Waals surface area contributed by atoms with Crippen LogP contribution < -0.4 is 0 Å². The lowest BCUT2D eigenvalue weighted by Crippen LogP contribution is -2.34. The summed E-state index contributed by atoms with van der Waals surface area (Å²) in [6.07, 6.45) is 7.23. The van der Waals surface area contributed by atoms with Crippen LogP contribution >= 0.6 is 23.5 Å². The molecule has 0 saturated heterocycles. The van der Waals surface area contributed by atoms with E-state index in [2.05, 4.69) is 0 Å². The lowest BCUT2D eigenvalue weighted by Gasteiger charge is -2.40. The summed E-state index contributed by atoms with van der Waals surface area (Å²) >= 11 is 2.23. The van der Waals surface area contributed by atoms with Crippen LogP contribution in [0.2, 0.25) is 0 Å². The van der Waals surface area contributed by atoms with Crippen LogP contribution in [0.5, 0.6) is 0 Å². The van der Waals surface area contributed by atoms with Crippen molar-refractivity contribution < 1.29 is 35.5 Å². The second-order valence-corrected chi connectivity index (χ2v) is 17.0. The zero-order valence-corrected chi connectivity index (χ0v) is 28.5. The van der Waals surface area contributed by atoms with Crippen LogP contribution in [0.4, 0.5) is 0 Å². The lowest BCUT2D eigenvalue weighted by molar-refractivity contribution is 0.0942. The summed E-state index contributed by atoms with van der Waals surface area (Å²) in [6.45, 7) is 3.44. The summed E-state index contributed by atoms with van der Waals surface area (Å²) < 4.78 is 69.3. The van der Waals surface area contributed by atoms with Crippen molar-refractivity contribution in [2.75, 3.05) is 0 Å². The van der Waals surface area contributed by atoms with Gasteiger partial charge in [-0.25, -0.2) is 0 Å². The first-order valence-electron chi connectivity index (χ1n) is 14.8. The average molecular weight is 713 g/mol. The van der Waals surface area contributed by atoms with Crippen molar-refractivity contribution in [3.05, 3.63) is 129 Å². The van der Waals surface area contributed by atoms with Gasteiger partial charge in [0, 0.05) is 36.1 Å². The third-order valence-electron chi connectivity index (χ3n) is 9.04. The highest BCUT2D eigenvalue weighted by Crippen LogP contribution is 2.58. The smallest absolute Gasteiger partial charge is 0.293 e. The van der Waals surface area contributed by atoms with E-state index in [1.165, 1.54) is 12.1 Å². The van der Waals surface area contributed by atoms with Gasteiger partial charge in [0.25, 0.3) is 20.2 Å². The van der Waals surface area contributed by atoms with Crippen LogP contribution in [0.25, 0.3) is 16.3 Å². The van der Waals surface area contributed by atoms with Crippen molar-refractivity contribution in [1.29, 1.82) is 0 Å². The van der Waals surface area contributed by atoms with Crippen molar-refractivity contribution in [2.45, 2.75) is 38.3 Å². The van der Waals surface area contributed by atoms with E-state index < -0.39 is 32.1 Å². The van der Waals surface area contributed by atoms with Gasteiger partial charge >= 0.3 is 0 Å². The molecule has 0 radical (unpaired) electrons. The SMILES string of the molecule is Cc1ccc(SC2=CC3C(=O)c4cccc5c(Sc6ccc(C)cc6S(=O)(=O)O)cc6c(c45)C3=C3C2=CC=CC3C6=O)c(S(=O)(=O)O)c1. The molecule has 2 atom stereocenters. The van der Waals surface area contributed by atoms with E-state index in [0.29, 0.717) is 64.4 Å². The Morgan fingerprint density at radius 2 is 1.31 bits per heavy atom. The molecule has 4 aromatic carbocycles. The van der Waals surface area contributed by atoms with Gasteiger partial charge in [-0.3, -0.25) is 18.7 Å². The molecule has 0 aromatic heterocycles. The molecule has 4 aromatic rings. The Balaban J connectivity index is 1.34. The Hall–Kier alpha value is -4.04. The van der Waals surface area contributed by atoms with Gasteiger partial charge in [-0.2, -0.15) is 16.8 Å². The monoisotopic (exact) mass is 712 g/mol. The Labute approximate surface area is 284 Å². The molecule has 0 amide bonds. The standard InChI is InChI=1S/C36H24O8S4/c1-17-9-11-25(29(13-17)47(39,40)41)45-27-15-23-33-31-19(27)5-3-7-21(31)36(38)24-16-28(20-6-4-8-22(35(23)37)32(20)34(24)33)46-26-12-10-18(2)14-30(26)48(42,43)44/h3-16,21,23H,1-2H3,(H,39,40,41)(H,42,43,44). The third kappa shape index (κ3) is 4.73. The number of carbonyl (C=O) groups is 2. The number of rotatable bonds is 6. The predicted molar refractivity (Wildman–Crippen MR) is 184 cm³/mol. The largest absolute Gasteiger partial charge is 0.295 e. The Bertz CT molecular complexity index is 2570. The maximum Gasteiger partial charge on any atom is 0.295 e. The summed E-state index contributed by atoms with van der Waals surface area (Å²) in [6, 6.07) is 16.6. The van der Waals surface area contributed by atoms with Crippen LogP contribution in [-0.2, 0) is 20.2 Å². The van der Waals surface area contributed by atoms with Gasteiger partial charge < -0.3 is 0 Å². The highest BCUT2D eigenvalue weighted by molar-refractivity contribution is 8.03. The highest BCUT2D eigenvalue weighted by Gasteiger charge is 2.47. The first-order valence-corrected chi connectivity index (χ1v) is 19.3. The van der Waals surface area contributed by atoms with E-state index in [-0.39, 0.29) is 26.3 Å². The minimum absolute atomic E-state index is 0.184. The van der Waals surface area contributed by atoms with E-state index in [1.54, 1.807) is 68.5 Å². The predicted octanol–water partition coefficient (Wildman–Crippen LogP) is 7.67. The molecule has 0 spiro atoms. The molecule has 2 unspecified atom stereocenters. The molecule has 48 heavy (non-hydrogen) atoms.